The average Bonchev–Trinajstić information content (AvgIpc) is 2.33. The molecule has 19 heavy (non-hydrogen) atoms. The lowest BCUT2D eigenvalue weighted by atomic mass is 10.1. The van der Waals surface area contributed by atoms with E-state index in [0.717, 1.165) is 36.8 Å². The van der Waals surface area contributed by atoms with Crippen molar-refractivity contribution in [3.05, 3.63) is 29.3 Å². The summed E-state index contributed by atoms with van der Waals surface area (Å²) >= 11 is 5.80. The molecule has 0 spiro atoms. The van der Waals surface area contributed by atoms with Crippen molar-refractivity contribution in [3.63, 3.8) is 0 Å². The van der Waals surface area contributed by atoms with Gasteiger partial charge in [-0.25, -0.2) is 0 Å². The minimum absolute atomic E-state index is 0.206. The zero-order valence-corrected chi connectivity index (χ0v) is 12.9. The van der Waals surface area contributed by atoms with E-state index in [4.69, 9.17) is 16.3 Å². The van der Waals surface area contributed by atoms with E-state index in [9.17, 15) is 0 Å². The van der Waals surface area contributed by atoms with Crippen LogP contribution in [-0.4, -0.2) is 31.8 Å². The lowest BCUT2D eigenvalue weighted by molar-refractivity contribution is 0.313. The van der Waals surface area contributed by atoms with Crippen LogP contribution in [0, 0.1) is 0 Å². The van der Waals surface area contributed by atoms with Gasteiger partial charge in [-0.15, -0.1) is 0 Å². The van der Waals surface area contributed by atoms with Gasteiger partial charge in [0.05, 0.1) is 0 Å². The molecule has 0 aromatic heterocycles. The summed E-state index contributed by atoms with van der Waals surface area (Å²) in [5, 5.41) is 7.56. The average molecular weight is 285 g/mol. The van der Waals surface area contributed by atoms with Crippen LogP contribution in [0.5, 0.6) is 5.75 Å². The fourth-order valence-corrected chi connectivity index (χ4v) is 1.70. The van der Waals surface area contributed by atoms with Crippen molar-refractivity contribution in [2.24, 2.45) is 0 Å². The number of halogens is 1. The van der Waals surface area contributed by atoms with Crippen molar-refractivity contribution in [1.29, 1.82) is 0 Å². The molecule has 0 radical (unpaired) electrons. The van der Waals surface area contributed by atoms with E-state index in [0.29, 0.717) is 6.61 Å². The second kappa shape index (κ2) is 8.41. The quantitative estimate of drug-likeness (QED) is 0.720. The van der Waals surface area contributed by atoms with E-state index in [1.807, 2.05) is 24.3 Å². The van der Waals surface area contributed by atoms with Gasteiger partial charge >= 0.3 is 0 Å². The Hall–Kier alpha value is -0.770. The molecule has 3 nitrogen and oxygen atoms in total. The van der Waals surface area contributed by atoms with Crippen LogP contribution in [0.2, 0.25) is 5.02 Å². The van der Waals surface area contributed by atoms with Gasteiger partial charge in [-0.3, -0.25) is 0 Å². The Labute approximate surface area is 121 Å². The molecule has 1 aromatic rings. The molecule has 0 heterocycles. The highest BCUT2D eigenvalue weighted by atomic mass is 35.5. The molecular weight excluding hydrogens is 260 g/mol. The Bertz CT molecular complexity index is 346. The molecule has 0 saturated carbocycles. The first-order valence-corrected chi connectivity index (χ1v) is 7.19. The van der Waals surface area contributed by atoms with Gasteiger partial charge < -0.3 is 15.4 Å². The Morgan fingerprint density at radius 1 is 1.05 bits per heavy atom. The molecular formula is C15H25ClN2O. The molecule has 0 atom stereocenters. The Morgan fingerprint density at radius 2 is 1.74 bits per heavy atom. The van der Waals surface area contributed by atoms with Gasteiger partial charge in [0.25, 0.3) is 0 Å². The minimum Gasteiger partial charge on any atom is -0.492 e. The summed E-state index contributed by atoms with van der Waals surface area (Å²) in [6, 6.07) is 7.44. The third-order valence-corrected chi connectivity index (χ3v) is 2.80. The van der Waals surface area contributed by atoms with Crippen molar-refractivity contribution in [2.75, 3.05) is 26.2 Å². The van der Waals surface area contributed by atoms with Crippen LogP contribution < -0.4 is 15.4 Å². The van der Waals surface area contributed by atoms with Crippen LogP contribution >= 0.6 is 11.6 Å². The van der Waals surface area contributed by atoms with Gasteiger partial charge in [0.15, 0.2) is 0 Å². The number of nitrogens with one attached hydrogen (secondary N) is 2. The van der Waals surface area contributed by atoms with E-state index in [-0.39, 0.29) is 5.54 Å². The van der Waals surface area contributed by atoms with Crippen molar-refractivity contribution in [1.82, 2.24) is 10.6 Å². The lowest BCUT2D eigenvalue weighted by Crippen LogP contribution is -2.37. The summed E-state index contributed by atoms with van der Waals surface area (Å²) < 4.78 is 5.59. The first kappa shape index (κ1) is 16.3. The van der Waals surface area contributed by atoms with Crippen LogP contribution in [-0.2, 0) is 0 Å². The molecule has 1 aromatic carbocycles. The predicted molar refractivity (Wildman–Crippen MR) is 82.2 cm³/mol. The second-order valence-corrected chi connectivity index (χ2v) is 6.02. The normalized spacial score (nSPS) is 11.6. The summed E-state index contributed by atoms with van der Waals surface area (Å²) in [7, 11) is 0. The van der Waals surface area contributed by atoms with E-state index >= 15 is 0 Å². The molecule has 4 heteroatoms. The van der Waals surface area contributed by atoms with Gasteiger partial charge in [0, 0.05) is 17.1 Å². The van der Waals surface area contributed by atoms with E-state index < -0.39 is 0 Å². The highest BCUT2D eigenvalue weighted by Gasteiger charge is 2.06. The number of benzene rings is 1. The van der Waals surface area contributed by atoms with Crippen LogP contribution in [0.15, 0.2) is 24.3 Å². The molecule has 0 amide bonds. The number of ether oxygens (including phenoxy) is 1. The Balaban J connectivity index is 1.95. The summed E-state index contributed by atoms with van der Waals surface area (Å²) in [5.41, 5.74) is 0.206. The largest absolute Gasteiger partial charge is 0.492 e. The second-order valence-electron chi connectivity index (χ2n) is 5.58. The molecule has 108 valence electrons. The summed E-state index contributed by atoms with van der Waals surface area (Å²) in [5.74, 6) is 0.862. The highest BCUT2D eigenvalue weighted by Crippen LogP contribution is 2.14. The van der Waals surface area contributed by atoms with E-state index in [1.54, 1.807) is 0 Å². The molecule has 0 unspecified atom stereocenters. The zero-order chi connectivity index (χ0) is 14.1. The van der Waals surface area contributed by atoms with Crippen LogP contribution in [0.25, 0.3) is 0 Å². The standard InChI is InChI=1S/C15H25ClN2O/c1-15(2,3)18-10-4-9-17-11-12-19-14-7-5-13(16)6-8-14/h5-8,17-18H,4,9-12H2,1-3H3. The van der Waals surface area contributed by atoms with Crippen LogP contribution in [0.3, 0.4) is 0 Å². The van der Waals surface area contributed by atoms with Gasteiger partial charge in [0.1, 0.15) is 12.4 Å². The third-order valence-electron chi connectivity index (χ3n) is 2.55. The molecule has 0 aliphatic heterocycles. The van der Waals surface area contributed by atoms with Gasteiger partial charge in [-0.05, 0) is 64.5 Å². The number of hydrogen-bond acceptors (Lipinski definition) is 3. The monoisotopic (exact) mass is 284 g/mol. The van der Waals surface area contributed by atoms with Crippen molar-refractivity contribution in [3.8, 4) is 5.75 Å². The van der Waals surface area contributed by atoms with E-state index in [2.05, 4.69) is 31.4 Å². The first-order chi connectivity index (χ1) is 8.97. The lowest BCUT2D eigenvalue weighted by Gasteiger charge is -2.20. The maximum Gasteiger partial charge on any atom is 0.119 e. The summed E-state index contributed by atoms with van der Waals surface area (Å²) in [4.78, 5) is 0. The zero-order valence-electron chi connectivity index (χ0n) is 12.1. The maximum atomic E-state index is 5.80. The highest BCUT2D eigenvalue weighted by molar-refractivity contribution is 6.30. The summed E-state index contributed by atoms with van der Waals surface area (Å²) in [6.45, 7) is 10.1. The SMILES string of the molecule is CC(C)(C)NCCCNCCOc1ccc(Cl)cc1. The van der Waals surface area contributed by atoms with Gasteiger partial charge in [0.2, 0.25) is 0 Å². The molecule has 0 saturated heterocycles. The molecule has 2 N–H and O–H groups in total. The summed E-state index contributed by atoms with van der Waals surface area (Å²) in [6.07, 6.45) is 1.12. The molecule has 0 aliphatic rings. The van der Waals surface area contributed by atoms with E-state index in [1.165, 1.54) is 0 Å². The Kier molecular flexibility index (Phi) is 7.21. The molecule has 0 bridgehead atoms. The predicted octanol–water partition coefficient (Wildman–Crippen LogP) is 3.09. The van der Waals surface area contributed by atoms with Crippen molar-refractivity contribution < 1.29 is 4.74 Å². The smallest absolute Gasteiger partial charge is 0.119 e. The van der Waals surface area contributed by atoms with Gasteiger partial charge in [-0.1, -0.05) is 11.6 Å². The van der Waals surface area contributed by atoms with Gasteiger partial charge in [-0.2, -0.15) is 0 Å². The van der Waals surface area contributed by atoms with Crippen molar-refractivity contribution in [2.45, 2.75) is 32.7 Å². The molecule has 0 aliphatic carbocycles. The van der Waals surface area contributed by atoms with Crippen LogP contribution in [0.1, 0.15) is 27.2 Å². The molecule has 0 fully saturated rings. The Morgan fingerprint density at radius 3 is 2.37 bits per heavy atom. The topological polar surface area (TPSA) is 33.3 Å². The van der Waals surface area contributed by atoms with Crippen LogP contribution in [0.4, 0.5) is 0 Å². The maximum absolute atomic E-state index is 5.80. The number of rotatable bonds is 8. The number of hydrogen-bond donors (Lipinski definition) is 2. The van der Waals surface area contributed by atoms with Crippen molar-refractivity contribution >= 4 is 11.6 Å². The fourth-order valence-electron chi connectivity index (χ4n) is 1.57. The minimum atomic E-state index is 0.206. The third kappa shape index (κ3) is 8.87. The first-order valence-electron chi connectivity index (χ1n) is 6.81. The fraction of sp³-hybridized carbons (Fsp3) is 0.600. The molecule has 1 rings (SSSR count).